The lowest BCUT2D eigenvalue weighted by molar-refractivity contribution is -0.164. The van der Waals surface area contributed by atoms with Gasteiger partial charge >= 0.3 is 11.9 Å². The predicted octanol–water partition coefficient (Wildman–Crippen LogP) is 4.10. The number of hydrogen-bond donors (Lipinski definition) is 2. The molecule has 0 amide bonds. The second-order valence-electron chi connectivity index (χ2n) is 7.67. The highest BCUT2D eigenvalue weighted by Crippen LogP contribution is 2.61. The fourth-order valence-corrected chi connectivity index (χ4v) is 5.20. The number of hydrogen-bond acceptors (Lipinski definition) is 2. The average molecular weight is 308 g/mol. The Morgan fingerprint density at radius 2 is 1.95 bits per heavy atom. The first-order valence-corrected chi connectivity index (χ1v) is 8.34. The molecule has 2 rings (SSSR count). The van der Waals surface area contributed by atoms with Crippen LogP contribution in [0.2, 0.25) is 0 Å². The molecule has 0 heterocycles. The molecule has 22 heavy (non-hydrogen) atoms. The minimum atomic E-state index is -0.762. The van der Waals surface area contributed by atoms with Crippen molar-refractivity contribution in [1.29, 1.82) is 0 Å². The summed E-state index contributed by atoms with van der Waals surface area (Å²) >= 11 is 0. The number of aliphatic carboxylic acids is 2. The zero-order valence-corrected chi connectivity index (χ0v) is 13.7. The molecular weight excluding hydrogens is 280 g/mol. The van der Waals surface area contributed by atoms with Crippen LogP contribution in [0, 0.1) is 22.7 Å². The highest BCUT2D eigenvalue weighted by atomic mass is 16.4. The Morgan fingerprint density at radius 3 is 2.55 bits per heavy atom. The number of carboxylic acids is 2. The highest BCUT2D eigenvalue weighted by Gasteiger charge is 2.57. The molecule has 2 saturated carbocycles. The molecule has 4 nitrogen and oxygen atoms in total. The van der Waals surface area contributed by atoms with E-state index in [1.54, 1.807) is 0 Å². The summed E-state index contributed by atoms with van der Waals surface area (Å²) in [6.45, 7) is 8.35. The van der Waals surface area contributed by atoms with Gasteiger partial charge in [0.25, 0.3) is 0 Å². The SMILES string of the molecule is C=C1CC[C@@H]2[C@@](C)(CCC[C@]2(C)C(=O)O)[C@H]1CCCC(=O)O. The molecule has 0 aromatic carbocycles. The molecule has 4 heteroatoms. The van der Waals surface area contributed by atoms with E-state index in [0.717, 1.165) is 38.5 Å². The molecule has 0 unspecified atom stereocenters. The van der Waals surface area contributed by atoms with Gasteiger partial charge in [0.05, 0.1) is 5.41 Å². The molecule has 0 aromatic rings. The van der Waals surface area contributed by atoms with Gasteiger partial charge < -0.3 is 10.2 Å². The summed E-state index contributed by atoms with van der Waals surface area (Å²) in [4.78, 5) is 22.6. The van der Waals surface area contributed by atoms with Crippen LogP contribution in [0.15, 0.2) is 12.2 Å². The standard InChI is InChI=1S/C18H28O4/c1-12-8-9-14-17(2,13(12)6-4-7-15(19)20)10-5-11-18(14,3)16(21)22/h13-14H,1,4-11H2,2-3H3,(H,19,20)(H,21,22)/t13-,14+,17-,18-/m0/s1. The number of carboxylic acid groups (broad SMARTS) is 2. The van der Waals surface area contributed by atoms with E-state index in [0.29, 0.717) is 6.42 Å². The van der Waals surface area contributed by atoms with E-state index in [4.69, 9.17) is 5.11 Å². The Labute approximate surface area is 132 Å². The van der Waals surface area contributed by atoms with Crippen molar-refractivity contribution >= 4 is 11.9 Å². The van der Waals surface area contributed by atoms with E-state index in [9.17, 15) is 14.7 Å². The van der Waals surface area contributed by atoms with E-state index >= 15 is 0 Å². The van der Waals surface area contributed by atoms with Crippen LogP contribution in [-0.4, -0.2) is 22.2 Å². The van der Waals surface area contributed by atoms with Crippen LogP contribution >= 0.6 is 0 Å². The van der Waals surface area contributed by atoms with Crippen molar-refractivity contribution in [3.05, 3.63) is 12.2 Å². The van der Waals surface area contributed by atoms with Crippen molar-refractivity contribution in [2.45, 2.75) is 65.2 Å². The quantitative estimate of drug-likeness (QED) is 0.750. The smallest absolute Gasteiger partial charge is 0.309 e. The van der Waals surface area contributed by atoms with E-state index in [1.807, 2.05) is 6.92 Å². The van der Waals surface area contributed by atoms with Crippen molar-refractivity contribution in [1.82, 2.24) is 0 Å². The van der Waals surface area contributed by atoms with Gasteiger partial charge in [0.1, 0.15) is 0 Å². The maximum absolute atomic E-state index is 11.9. The Balaban J connectivity index is 2.24. The monoisotopic (exact) mass is 308 g/mol. The molecule has 2 aliphatic carbocycles. The highest BCUT2D eigenvalue weighted by molar-refractivity contribution is 5.75. The molecule has 2 N–H and O–H groups in total. The number of rotatable bonds is 5. The van der Waals surface area contributed by atoms with E-state index in [2.05, 4.69) is 13.5 Å². The van der Waals surface area contributed by atoms with Gasteiger partial charge in [-0.05, 0) is 62.7 Å². The van der Waals surface area contributed by atoms with Gasteiger partial charge in [0, 0.05) is 6.42 Å². The molecule has 2 fully saturated rings. The molecule has 0 spiro atoms. The van der Waals surface area contributed by atoms with Crippen LogP contribution in [0.4, 0.5) is 0 Å². The summed E-state index contributed by atoms with van der Waals surface area (Å²) in [6.07, 6.45) is 6.11. The van der Waals surface area contributed by atoms with Crippen molar-refractivity contribution in [2.24, 2.45) is 22.7 Å². The van der Waals surface area contributed by atoms with E-state index in [1.165, 1.54) is 5.57 Å². The Hall–Kier alpha value is -1.32. The maximum Gasteiger partial charge on any atom is 0.309 e. The third kappa shape index (κ3) is 2.80. The van der Waals surface area contributed by atoms with Gasteiger partial charge in [-0.3, -0.25) is 9.59 Å². The second-order valence-corrected chi connectivity index (χ2v) is 7.67. The molecule has 0 radical (unpaired) electrons. The Kier molecular flexibility index (Phi) is 4.69. The summed E-state index contributed by atoms with van der Waals surface area (Å²) < 4.78 is 0. The summed E-state index contributed by atoms with van der Waals surface area (Å²) in [5.41, 5.74) is 0.483. The molecule has 0 saturated heterocycles. The Morgan fingerprint density at radius 1 is 1.27 bits per heavy atom. The summed E-state index contributed by atoms with van der Waals surface area (Å²) in [5, 5.41) is 18.6. The topological polar surface area (TPSA) is 74.6 Å². The van der Waals surface area contributed by atoms with E-state index in [-0.39, 0.29) is 23.7 Å². The van der Waals surface area contributed by atoms with Crippen LogP contribution in [0.1, 0.15) is 65.2 Å². The first kappa shape index (κ1) is 17.0. The van der Waals surface area contributed by atoms with Gasteiger partial charge in [-0.1, -0.05) is 25.5 Å². The fourth-order valence-electron chi connectivity index (χ4n) is 5.20. The van der Waals surface area contributed by atoms with Crippen LogP contribution < -0.4 is 0 Å². The third-order valence-corrected chi connectivity index (χ3v) is 6.39. The van der Waals surface area contributed by atoms with Crippen molar-refractivity contribution < 1.29 is 19.8 Å². The molecule has 124 valence electrons. The Bertz CT molecular complexity index is 483. The lowest BCUT2D eigenvalue weighted by Crippen LogP contribution is -2.53. The second kappa shape index (κ2) is 6.05. The van der Waals surface area contributed by atoms with Crippen molar-refractivity contribution in [3.63, 3.8) is 0 Å². The van der Waals surface area contributed by atoms with Gasteiger partial charge in [-0.15, -0.1) is 0 Å². The van der Waals surface area contributed by atoms with Gasteiger partial charge in [0.2, 0.25) is 0 Å². The van der Waals surface area contributed by atoms with Crippen LogP contribution in [0.5, 0.6) is 0 Å². The van der Waals surface area contributed by atoms with Crippen LogP contribution in [0.3, 0.4) is 0 Å². The lowest BCUT2D eigenvalue weighted by Gasteiger charge is -2.57. The predicted molar refractivity (Wildman–Crippen MR) is 84.5 cm³/mol. The first-order valence-electron chi connectivity index (χ1n) is 8.34. The molecule has 4 atom stereocenters. The molecule has 2 aliphatic rings. The molecule has 0 bridgehead atoms. The van der Waals surface area contributed by atoms with Gasteiger partial charge in [0.15, 0.2) is 0 Å². The minimum Gasteiger partial charge on any atom is -0.481 e. The normalized spacial score (nSPS) is 38.4. The van der Waals surface area contributed by atoms with Gasteiger partial charge in [-0.2, -0.15) is 0 Å². The summed E-state index contributed by atoms with van der Waals surface area (Å²) in [5.74, 6) is -1.03. The first-order chi connectivity index (χ1) is 10.2. The summed E-state index contributed by atoms with van der Waals surface area (Å²) in [6, 6.07) is 0. The lowest BCUT2D eigenvalue weighted by atomic mass is 9.46. The third-order valence-electron chi connectivity index (χ3n) is 6.39. The zero-order valence-electron chi connectivity index (χ0n) is 13.7. The average Bonchev–Trinajstić information content (AvgIpc) is 2.41. The van der Waals surface area contributed by atoms with E-state index < -0.39 is 17.4 Å². The largest absolute Gasteiger partial charge is 0.481 e. The van der Waals surface area contributed by atoms with Crippen molar-refractivity contribution in [3.8, 4) is 0 Å². The molecule has 0 aliphatic heterocycles. The number of carbonyl (C=O) groups is 2. The number of allylic oxidation sites excluding steroid dienone is 1. The molecular formula is C18H28O4. The van der Waals surface area contributed by atoms with Gasteiger partial charge in [-0.25, -0.2) is 0 Å². The summed E-state index contributed by atoms with van der Waals surface area (Å²) in [7, 11) is 0. The molecule has 0 aromatic heterocycles. The maximum atomic E-state index is 11.9. The minimum absolute atomic E-state index is 0.0563. The number of fused-ring (bicyclic) bond motifs is 1. The van der Waals surface area contributed by atoms with Crippen molar-refractivity contribution in [2.75, 3.05) is 0 Å². The van der Waals surface area contributed by atoms with Crippen LogP contribution in [0.25, 0.3) is 0 Å². The zero-order chi connectivity index (χ0) is 16.5. The van der Waals surface area contributed by atoms with Crippen LogP contribution in [-0.2, 0) is 9.59 Å². The fraction of sp³-hybridized carbons (Fsp3) is 0.778.